The van der Waals surface area contributed by atoms with Crippen molar-refractivity contribution in [3.05, 3.63) is 29.1 Å². The quantitative estimate of drug-likeness (QED) is 0.112. The third-order valence-electron chi connectivity index (χ3n) is 4.59. The van der Waals surface area contributed by atoms with Gasteiger partial charge in [-0.15, -0.1) is 5.06 Å². The number of benzene rings is 1. The van der Waals surface area contributed by atoms with E-state index in [0.29, 0.717) is 17.9 Å². The van der Waals surface area contributed by atoms with E-state index in [1.807, 2.05) is 34.6 Å². The second-order valence-corrected chi connectivity index (χ2v) is 6.93. The Bertz CT molecular complexity index is 864. The second-order valence-electron chi connectivity index (χ2n) is 6.93. The van der Waals surface area contributed by atoms with E-state index in [4.69, 9.17) is 0 Å². The predicted molar refractivity (Wildman–Crippen MR) is 121 cm³/mol. The highest BCUT2D eigenvalue weighted by Gasteiger charge is 2.33. The molecule has 1 aliphatic heterocycles. The first-order valence-corrected chi connectivity index (χ1v) is 11.7. The van der Waals surface area contributed by atoms with Gasteiger partial charge in [-0.05, 0) is 12.8 Å². The first-order valence-electron chi connectivity index (χ1n) is 11.7. The highest BCUT2D eigenvalue weighted by Crippen LogP contribution is 2.29. The van der Waals surface area contributed by atoms with Crippen molar-refractivity contribution in [1.82, 2.24) is 5.06 Å². The molecule has 2 atom stereocenters. The van der Waals surface area contributed by atoms with Gasteiger partial charge in [-0.2, -0.15) is 8.78 Å². The molecule has 206 valence electrons. The molecular formula is C24H34F5NO6. The molecule has 36 heavy (non-hydrogen) atoms. The number of hydroxylamine groups is 2. The normalized spacial score (nSPS) is 13.8. The zero-order valence-corrected chi connectivity index (χ0v) is 21.8. The van der Waals surface area contributed by atoms with Crippen molar-refractivity contribution in [2.24, 2.45) is 11.8 Å². The van der Waals surface area contributed by atoms with Crippen LogP contribution in [0.5, 0.6) is 5.75 Å². The Kier molecular flexibility index (Phi) is 17.0. The zero-order valence-electron chi connectivity index (χ0n) is 21.8. The summed E-state index contributed by atoms with van der Waals surface area (Å²) in [5.41, 5.74) is 0. The van der Waals surface area contributed by atoms with E-state index in [1.54, 1.807) is 13.8 Å². The van der Waals surface area contributed by atoms with Gasteiger partial charge in [0.2, 0.25) is 34.8 Å². The van der Waals surface area contributed by atoms with E-state index < -0.39 is 64.5 Å². The Hall–Kier alpha value is -3.05. The Labute approximate surface area is 207 Å². The molecule has 0 saturated carbocycles. The number of carbonyl (C=O) groups is 4. The maximum atomic E-state index is 13.1. The number of hydrogen-bond donors (Lipinski definition) is 0. The largest absolute Gasteiger partial charge is 0.420 e. The van der Waals surface area contributed by atoms with Crippen molar-refractivity contribution in [2.45, 2.75) is 81.1 Å². The maximum Gasteiger partial charge on any atom is 0.335 e. The minimum atomic E-state index is -2.30. The average molecular weight is 528 g/mol. The maximum absolute atomic E-state index is 13.1. The molecule has 1 aromatic carbocycles. The first-order chi connectivity index (χ1) is 16.9. The lowest BCUT2D eigenvalue weighted by Crippen LogP contribution is -2.33. The Balaban J connectivity index is 0. The van der Waals surface area contributed by atoms with Crippen molar-refractivity contribution in [3.8, 4) is 5.75 Å². The van der Waals surface area contributed by atoms with Gasteiger partial charge >= 0.3 is 11.9 Å². The fourth-order valence-corrected chi connectivity index (χ4v) is 2.05. The summed E-state index contributed by atoms with van der Waals surface area (Å²) in [6, 6.07) is 0. The lowest BCUT2D eigenvalue weighted by Gasteiger charge is -2.14. The van der Waals surface area contributed by atoms with Crippen LogP contribution in [0, 0.1) is 40.9 Å². The van der Waals surface area contributed by atoms with Gasteiger partial charge < -0.3 is 9.57 Å². The van der Waals surface area contributed by atoms with Crippen LogP contribution in [-0.4, -0.2) is 28.8 Å². The zero-order chi connectivity index (χ0) is 28.7. The standard InChI is InChI=1S/C11H9F5O2.C9H13NO4.2C2H6/c1-3-4(2)11(17)18-10-8(15)6(13)5(12)7(14)9(10)16;1-3-6(2)9(13)14-10-7(11)4-5-8(10)12;2*1-2/h4H,3H2,1-2H3;6H,3-5H2,1-2H3;2*1-2H3. The van der Waals surface area contributed by atoms with Gasteiger partial charge in [0, 0.05) is 12.8 Å². The van der Waals surface area contributed by atoms with Gasteiger partial charge in [-0.25, -0.2) is 18.0 Å². The number of hydrogen-bond acceptors (Lipinski definition) is 6. The summed E-state index contributed by atoms with van der Waals surface area (Å²) < 4.78 is 68.7. The summed E-state index contributed by atoms with van der Waals surface area (Å²) in [7, 11) is 0. The van der Waals surface area contributed by atoms with Crippen LogP contribution in [0.2, 0.25) is 0 Å². The van der Waals surface area contributed by atoms with E-state index in [0.717, 1.165) is 0 Å². The minimum Gasteiger partial charge on any atom is -0.420 e. The van der Waals surface area contributed by atoms with Crippen molar-refractivity contribution < 1.29 is 50.7 Å². The van der Waals surface area contributed by atoms with Crippen LogP contribution in [0.4, 0.5) is 22.0 Å². The summed E-state index contributed by atoms with van der Waals surface area (Å²) >= 11 is 0. The van der Waals surface area contributed by atoms with Crippen molar-refractivity contribution in [1.29, 1.82) is 0 Å². The monoisotopic (exact) mass is 527 g/mol. The topological polar surface area (TPSA) is 90.0 Å². The van der Waals surface area contributed by atoms with E-state index in [9.17, 15) is 41.1 Å². The number of halogens is 5. The first kappa shape index (κ1) is 35.1. The molecule has 0 radical (unpaired) electrons. The van der Waals surface area contributed by atoms with Crippen molar-refractivity contribution >= 4 is 23.8 Å². The van der Waals surface area contributed by atoms with Gasteiger partial charge in [0.25, 0.3) is 11.8 Å². The lowest BCUT2D eigenvalue weighted by molar-refractivity contribution is -0.200. The molecule has 1 aliphatic rings. The SMILES string of the molecule is CC.CC.CCC(C)C(=O)ON1C(=O)CCC1=O.CCC(C)C(=O)Oc1c(F)c(F)c(F)c(F)c1F. The number of nitrogens with zero attached hydrogens (tertiary/aromatic N) is 1. The Morgan fingerprint density at radius 1 is 0.722 bits per heavy atom. The van der Waals surface area contributed by atoms with E-state index in [2.05, 4.69) is 9.57 Å². The second kappa shape index (κ2) is 17.4. The summed E-state index contributed by atoms with van der Waals surface area (Å²) in [5.74, 6) is -16.0. The van der Waals surface area contributed by atoms with Crippen LogP contribution in [-0.2, 0) is 24.0 Å². The third-order valence-corrected chi connectivity index (χ3v) is 4.59. The molecule has 0 aromatic heterocycles. The van der Waals surface area contributed by atoms with Gasteiger partial charge in [0.15, 0.2) is 0 Å². The van der Waals surface area contributed by atoms with Crippen molar-refractivity contribution in [3.63, 3.8) is 0 Å². The molecular weight excluding hydrogens is 493 g/mol. The van der Waals surface area contributed by atoms with E-state index in [1.165, 1.54) is 6.92 Å². The number of ether oxygens (including phenoxy) is 1. The number of imide groups is 1. The molecule has 0 bridgehead atoms. The lowest BCUT2D eigenvalue weighted by atomic mass is 10.1. The van der Waals surface area contributed by atoms with Gasteiger partial charge in [0.1, 0.15) is 0 Å². The number of carbonyl (C=O) groups excluding carboxylic acids is 4. The van der Waals surface area contributed by atoms with Crippen LogP contribution >= 0.6 is 0 Å². The molecule has 1 saturated heterocycles. The number of esters is 1. The molecule has 2 unspecified atom stereocenters. The molecule has 1 fully saturated rings. The fraction of sp³-hybridized carbons (Fsp3) is 0.583. The molecule has 0 N–H and O–H groups in total. The molecule has 2 amide bonds. The van der Waals surface area contributed by atoms with E-state index in [-0.39, 0.29) is 18.8 Å². The van der Waals surface area contributed by atoms with Crippen LogP contribution in [0.1, 0.15) is 81.1 Å². The third kappa shape index (κ3) is 9.54. The van der Waals surface area contributed by atoms with Crippen molar-refractivity contribution in [2.75, 3.05) is 0 Å². The Morgan fingerprint density at radius 3 is 1.42 bits per heavy atom. The average Bonchev–Trinajstić information content (AvgIpc) is 3.22. The van der Waals surface area contributed by atoms with E-state index >= 15 is 0 Å². The number of rotatable bonds is 6. The van der Waals surface area contributed by atoms with Crippen LogP contribution < -0.4 is 4.74 Å². The summed E-state index contributed by atoms with van der Waals surface area (Å²) in [5, 5.41) is 0.578. The smallest absolute Gasteiger partial charge is 0.335 e. The highest BCUT2D eigenvalue weighted by atomic mass is 19.2. The predicted octanol–water partition coefficient (Wildman–Crippen LogP) is 6.03. The summed E-state index contributed by atoms with van der Waals surface area (Å²) in [4.78, 5) is 49.3. The number of amides is 2. The minimum absolute atomic E-state index is 0.132. The van der Waals surface area contributed by atoms with Gasteiger partial charge in [-0.3, -0.25) is 14.4 Å². The van der Waals surface area contributed by atoms with Crippen LogP contribution in [0.25, 0.3) is 0 Å². The molecule has 0 aliphatic carbocycles. The summed E-state index contributed by atoms with van der Waals surface area (Å²) in [6.45, 7) is 14.5. The summed E-state index contributed by atoms with van der Waals surface area (Å²) in [6.07, 6.45) is 1.18. The van der Waals surface area contributed by atoms with Gasteiger partial charge in [-0.1, -0.05) is 55.4 Å². The highest BCUT2D eigenvalue weighted by molar-refractivity contribution is 6.01. The molecule has 1 aromatic rings. The van der Waals surface area contributed by atoms with Crippen LogP contribution in [0.3, 0.4) is 0 Å². The Morgan fingerprint density at radius 2 is 1.06 bits per heavy atom. The molecule has 0 spiro atoms. The fourth-order valence-electron chi connectivity index (χ4n) is 2.05. The molecule has 1 heterocycles. The molecule has 2 rings (SSSR count). The molecule has 12 heteroatoms. The van der Waals surface area contributed by atoms with Gasteiger partial charge in [0.05, 0.1) is 11.8 Å². The molecule has 7 nitrogen and oxygen atoms in total. The van der Waals surface area contributed by atoms with Crippen LogP contribution in [0.15, 0.2) is 0 Å².